The molecule has 0 atom stereocenters. The van der Waals surface area contributed by atoms with Crippen LogP contribution in [-0.4, -0.2) is 37.1 Å². The second kappa shape index (κ2) is 8.26. The zero-order valence-electron chi connectivity index (χ0n) is 15.3. The molecular formula is C20H19N5O2S. The molecule has 0 aliphatic heterocycles. The fourth-order valence-corrected chi connectivity index (χ4v) is 3.55. The van der Waals surface area contributed by atoms with Crippen LogP contribution in [0.15, 0.2) is 64.8 Å². The highest BCUT2D eigenvalue weighted by atomic mass is 32.2. The van der Waals surface area contributed by atoms with E-state index in [1.807, 2.05) is 49.4 Å². The largest absolute Gasteiger partial charge is 0.494 e. The average molecular weight is 393 g/mol. The normalized spacial score (nSPS) is 11.0. The minimum atomic E-state index is -0.0312. The van der Waals surface area contributed by atoms with Crippen LogP contribution in [0.1, 0.15) is 6.92 Å². The first-order valence-corrected chi connectivity index (χ1v) is 9.96. The smallest absolute Gasteiger partial charge is 0.261 e. The number of ether oxygens (including phenoxy) is 1. The monoisotopic (exact) mass is 393 g/mol. The Morgan fingerprint density at radius 2 is 1.96 bits per heavy atom. The van der Waals surface area contributed by atoms with Crippen LogP contribution < -0.4 is 10.3 Å². The molecule has 0 aliphatic rings. The van der Waals surface area contributed by atoms with Gasteiger partial charge in [0.15, 0.2) is 5.82 Å². The van der Waals surface area contributed by atoms with Crippen LogP contribution in [-0.2, 0) is 6.54 Å². The van der Waals surface area contributed by atoms with Crippen LogP contribution in [0.25, 0.3) is 22.3 Å². The topological polar surface area (TPSA) is 85.7 Å². The summed E-state index contributed by atoms with van der Waals surface area (Å²) >= 11 is 1.49. The zero-order chi connectivity index (χ0) is 19.3. The minimum absolute atomic E-state index is 0.0312. The second-order valence-electron chi connectivity index (χ2n) is 6.03. The van der Waals surface area contributed by atoms with Gasteiger partial charge in [-0.1, -0.05) is 23.9 Å². The van der Waals surface area contributed by atoms with Crippen molar-refractivity contribution in [2.24, 2.45) is 0 Å². The quantitative estimate of drug-likeness (QED) is 0.485. The van der Waals surface area contributed by atoms with Gasteiger partial charge >= 0.3 is 0 Å². The van der Waals surface area contributed by atoms with Gasteiger partial charge in [0.1, 0.15) is 5.75 Å². The lowest BCUT2D eigenvalue weighted by Crippen LogP contribution is -2.21. The number of hydrogen-bond acceptors (Lipinski definition) is 6. The number of para-hydroxylation sites is 1. The lowest BCUT2D eigenvalue weighted by Gasteiger charge is -2.05. The van der Waals surface area contributed by atoms with Crippen LogP contribution in [0.5, 0.6) is 5.75 Å². The number of H-pyrrole nitrogens is 1. The molecule has 0 saturated heterocycles. The molecule has 0 unspecified atom stereocenters. The number of fused-ring (bicyclic) bond motifs is 1. The van der Waals surface area contributed by atoms with E-state index in [0.717, 1.165) is 11.3 Å². The highest BCUT2D eigenvalue weighted by molar-refractivity contribution is 7.99. The van der Waals surface area contributed by atoms with E-state index in [0.29, 0.717) is 40.8 Å². The summed E-state index contributed by atoms with van der Waals surface area (Å²) in [6.45, 7) is 3.13. The van der Waals surface area contributed by atoms with E-state index in [-0.39, 0.29) is 5.56 Å². The molecule has 28 heavy (non-hydrogen) atoms. The molecule has 7 nitrogen and oxygen atoms in total. The summed E-state index contributed by atoms with van der Waals surface area (Å²) in [4.78, 5) is 21.3. The molecule has 0 radical (unpaired) electrons. The number of benzene rings is 2. The molecular weight excluding hydrogens is 374 g/mol. The van der Waals surface area contributed by atoms with Gasteiger partial charge in [-0.2, -0.15) is 0 Å². The first-order valence-electron chi connectivity index (χ1n) is 8.97. The summed E-state index contributed by atoms with van der Waals surface area (Å²) in [7, 11) is 0. The Labute approximate surface area is 165 Å². The first-order chi connectivity index (χ1) is 13.7. The van der Waals surface area contributed by atoms with E-state index in [2.05, 4.69) is 20.2 Å². The van der Waals surface area contributed by atoms with Gasteiger partial charge in [-0.05, 0) is 43.3 Å². The molecule has 0 spiro atoms. The van der Waals surface area contributed by atoms with Gasteiger partial charge in [0.2, 0.25) is 5.16 Å². The van der Waals surface area contributed by atoms with Crippen molar-refractivity contribution in [1.29, 1.82) is 0 Å². The third kappa shape index (κ3) is 3.91. The lowest BCUT2D eigenvalue weighted by atomic mass is 10.2. The molecule has 0 bridgehead atoms. The van der Waals surface area contributed by atoms with E-state index >= 15 is 0 Å². The summed E-state index contributed by atoms with van der Waals surface area (Å²) in [5, 5.41) is 8.48. The Balaban J connectivity index is 1.40. The van der Waals surface area contributed by atoms with Crippen molar-refractivity contribution in [3.63, 3.8) is 0 Å². The van der Waals surface area contributed by atoms with Crippen LogP contribution in [0, 0.1) is 0 Å². The Morgan fingerprint density at radius 1 is 1.14 bits per heavy atom. The molecule has 0 saturated carbocycles. The minimum Gasteiger partial charge on any atom is -0.494 e. The molecule has 0 fully saturated rings. The number of thioether (sulfide) groups is 1. The number of nitrogens with zero attached hydrogens (tertiary/aromatic N) is 4. The van der Waals surface area contributed by atoms with Crippen molar-refractivity contribution in [2.45, 2.75) is 18.6 Å². The van der Waals surface area contributed by atoms with E-state index in [4.69, 9.17) is 4.74 Å². The highest BCUT2D eigenvalue weighted by Crippen LogP contribution is 2.22. The Hall–Kier alpha value is -3.13. The van der Waals surface area contributed by atoms with Crippen LogP contribution in [0.3, 0.4) is 0 Å². The molecule has 2 heterocycles. The van der Waals surface area contributed by atoms with Gasteiger partial charge in [-0.15, -0.1) is 5.10 Å². The van der Waals surface area contributed by atoms with Gasteiger partial charge in [0.25, 0.3) is 5.56 Å². The van der Waals surface area contributed by atoms with Crippen molar-refractivity contribution < 1.29 is 4.74 Å². The number of aromatic amines is 1. The van der Waals surface area contributed by atoms with Gasteiger partial charge < -0.3 is 4.74 Å². The van der Waals surface area contributed by atoms with Crippen LogP contribution in [0.4, 0.5) is 0 Å². The summed E-state index contributed by atoms with van der Waals surface area (Å²) in [6, 6.07) is 15.1. The maximum absolute atomic E-state index is 12.5. The van der Waals surface area contributed by atoms with Crippen LogP contribution >= 0.6 is 11.8 Å². The predicted molar refractivity (Wildman–Crippen MR) is 110 cm³/mol. The Morgan fingerprint density at radius 3 is 2.79 bits per heavy atom. The maximum atomic E-state index is 12.5. The van der Waals surface area contributed by atoms with Gasteiger partial charge in [-0.25, -0.2) is 9.97 Å². The van der Waals surface area contributed by atoms with Crippen molar-refractivity contribution in [3.05, 3.63) is 65.2 Å². The number of aryl methyl sites for hydroxylation is 1. The second-order valence-corrected chi connectivity index (χ2v) is 7.09. The van der Waals surface area contributed by atoms with E-state index in [1.165, 1.54) is 11.8 Å². The third-order valence-corrected chi connectivity index (χ3v) is 5.03. The fraction of sp³-hybridized carbons (Fsp3) is 0.200. The Kier molecular flexibility index (Phi) is 5.38. The number of nitrogens with one attached hydrogen (secondary N) is 1. The summed E-state index contributed by atoms with van der Waals surface area (Å²) < 4.78 is 7.07. The van der Waals surface area contributed by atoms with Crippen molar-refractivity contribution >= 4 is 22.7 Å². The van der Waals surface area contributed by atoms with E-state index in [9.17, 15) is 4.79 Å². The molecule has 0 aliphatic carbocycles. The van der Waals surface area contributed by atoms with Gasteiger partial charge in [0.05, 0.1) is 23.8 Å². The maximum Gasteiger partial charge on any atom is 0.261 e. The molecule has 8 heteroatoms. The molecule has 142 valence electrons. The number of aromatic nitrogens is 5. The molecule has 2 aromatic carbocycles. The summed E-state index contributed by atoms with van der Waals surface area (Å²) in [6.07, 6.45) is 1.59. The van der Waals surface area contributed by atoms with Crippen molar-refractivity contribution in [1.82, 2.24) is 24.7 Å². The third-order valence-electron chi connectivity index (χ3n) is 4.20. The van der Waals surface area contributed by atoms with E-state index in [1.54, 1.807) is 17.0 Å². The van der Waals surface area contributed by atoms with Gasteiger partial charge in [-0.3, -0.25) is 14.5 Å². The summed E-state index contributed by atoms with van der Waals surface area (Å²) in [5.41, 5.74) is 1.62. The molecule has 2 aromatic heterocycles. The Bertz CT molecular complexity index is 1140. The summed E-state index contributed by atoms with van der Waals surface area (Å²) in [5.74, 6) is 2.20. The van der Waals surface area contributed by atoms with E-state index < -0.39 is 0 Å². The first kappa shape index (κ1) is 18.2. The number of rotatable bonds is 7. The fourth-order valence-electron chi connectivity index (χ4n) is 2.82. The lowest BCUT2D eigenvalue weighted by molar-refractivity contribution is 0.340. The molecule has 4 aromatic rings. The van der Waals surface area contributed by atoms with Crippen LogP contribution in [0.2, 0.25) is 0 Å². The van der Waals surface area contributed by atoms with Crippen molar-refractivity contribution in [2.75, 3.05) is 12.4 Å². The molecule has 4 rings (SSSR count). The number of hydrogen-bond donors (Lipinski definition) is 1. The predicted octanol–water partition coefficient (Wildman–Crippen LogP) is 3.37. The van der Waals surface area contributed by atoms with Crippen molar-refractivity contribution in [3.8, 4) is 17.1 Å². The molecule has 1 N–H and O–H groups in total. The SMILES string of the molecule is CCOc1ccc(-c2nc(SCCn3cnc4ccccc4c3=O)n[nH]2)cc1. The standard InChI is InChI=1S/C20H19N5O2S/c1-2-27-15-9-7-14(8-10-15)18-22-20(24-23-18)28-12-11-25-13-21-17-6-4-3-5-16(17)19(25)26/h3-10,13H,2,11-12H2,1H3,(H,22,23,24). The molecule has 0 amide bonds. The van der Waals surface area contributed by atoms with Gasteiger partial charge in [0, 0.05) is 17.9 Å². The zero-order valence-corrected chi connectivity index (χ0v) is 16.1. The average Bonchev–Trinajstić information content (AvgIpc) is 3.20. The highest BCUT2D eigenvalue weighted by Gasteiger charge is 2.08.